The van der Waals surface area contributed by atoms with Crippen LogP contribution in [0.2, 0.25) is 0 Å². The topological polar surface area (TPSA) is 86.7 Å². The number of amides is 2. The monoisotopic (exact) mass is 304 g/mol. The van der Waals surface area contributed by atoms with Crippen molar-refractivity contribution in [2.75, 3.05) is 6.54 Å². The van der Waals surface area contributed by atoms with Gasteiger partial charge in [-0.2, -0.15) is 0 Å². The zero-order valence-electron chi connectivity index (χ0n) is 12.5. The second-order valence-electron chi connectivity index (χ2n) is 5.38. The molecule has 1 aliphatic heterocycles. The summed E-state index contributed by atoms with van der Waals surface area (Å²) in [6, 6.07) is 6.62. The summed E-state index contributed by atoms with van der Waals surface area (Å²) >= 11 is 0. The zero-order chi connectivity index (χ0) is 16.1. The maximum absolute atomic E-state index is 12.3. The van der Waals surface area contributed by atoms with E-state index >= 15 is 0 Å². The van der Waals surface area contributed by atoms with Gasteiger partial charge in [0, 0.05) is 19.4 Å². The van der Waals surface area contributed by atoms with E-state index in [-0.39, 0.29) is 24.9 Å². The van der Waals surface area contributed by atoms with Gasteiger partial charge in [-0.05, 0) is 17.5 Å². The number of nitrogens with one attached hydrogen (secondary N) is 1. The van der Waals surface area contributed by atoms with Crippen LogP contribution in [0.4, 0.5) is 0 Å². The van der Waals surface area contributed by atoms with Gasteiger partial charge in [-0.3, -0.25) is 9.59 Å². The Morgan fingerprint density at radius 3 is 2.59 bits per heavy atom. The quantitative estimate of drug-likeness (QED) is 0.847. The van der Waals surface area contributed by atoms with Gasteiger partial charge in [0.15, 0.2) is 0 Å². The minimum Gasteiger partial charge on any atom is -0.480 e. The van der Waals surface area contributed by atoms with Gasteiger partial charge in [0.2, 0.25) is 11.8 Å². The first-order chi connectivity index (χ1) is 10.5. The number of carboxylic acids is 1. The lowest BCUT2D eigenvalue weighted by molar-refractivity contribution is -0.151. The number of carbonyl (C=O) groups excluding carboxylic acids is 2. The standard InChI is InChI=1S/C16H20N2O4/c1-2-5-14(19)17-9-15(20)18-10-12-7-4-3-6-11(12)8-13(18)16(21)22/h3-4,6-7,13H,2,5,8-10H2,1H3,(H,17,19)(H,21,22). The summed E-state index contributed by atoms with van der Waals surface area (Å²) in [5, 5.41) is 11.9. The van der Waals surface area contributed by atoms with Gasteiger partial charge in [0.05, 0.1) is 6.54 Å². The number of nitrogens with zero attached hydrogens (tertiary/aromatic N) is 1. The van der Waals surface area contributed by atoms with Crippen molar-refractivity contribution >= 4 is 17.8 Å². The van der Waals surface area contributed by atoms with Crippen molar-refractivity contribution in [2.45, 2.75) is 38.8 Å². The van der Waals surface area contributed by atoms with Gasteiger partial charge < -0.3 is 15.3 Å². The molecule has 118 valence electrons. The molecule has 0 bridgehead atoms. The molecule has 2 amide bonds. The average molecular weight is 304 g/mol. The van der Waals surface area contributed by atoms with Crippen molar-refractivity contribution in [3.63, 3.8) is 0 Å². The van der Waals surface area contributed by atoms with Gasteiger partial charge in [-0.1, -0.05) is 31.2 Å². The Morgan fingerprint density at radius 1 is 1.27 bits per heavy atom. The molecule has 0 spiro atoms. The van der Waals surface area contributed by atoms with Crippen molar-refractivity contribution in [2.24, 2.45) is 0 Å². The third kappa shape index (κ3) is 3.63. The highest BCUT2D eigenvalue weighted by molar-refractivity contribution is 5.88. The first kappa shape index (κ1) is 16.0. The number of benzene rings is 1. The number of carboxylic acid groups (broad SMARTS) is 1. The van der Waals surface area contributed by atoms with Crippen LogP contribution in [0, 0.1) is 0 Å². The van der Waals surface area contributed by atoms with Crippen LogP contribution in [0.3, 0.4) is 0 Å². The molecule has 1 aromatic rings. The van der Waals surface area contributed by atoms with Crippen LogP contribution in [0.1, 0.15) is 30.9 Å². The van der Waals surface area contributed by atoms with Crippen LogP contribution in [0.5, 0.6) is 0 Å². The normalized spacial score (nSPS) is 16.8. The van der Waals surface area contributed by atoms with Crippen molar-refractivity contribution < 1.29 is 19.5 Å². The minimum absolute atomic E-state index is 0.162. The fourth-order valence-corrected chi connectivity index (χ4v) is 2.60. The van der Waals surface area contributed by atoms with Crippen LogP contribution in [-0.2, 0) is 27.3 Å². The molecule has 2 rings (SSSR count). The summed E-state index contributed by atoms with van der Waals surface area (Å²) in [4.78, 5) is 36.5. The Morgan fingerprint density at radius 2 is 1.95 bits per heavy atom. The number of rotatable bonds is 5. The Hall–Kier alpha value is -2.37. The van der Waals surface area contributed by atoms with Gasteiger partial charge in [0.1, 0.15) is 6.04 Å². The van der Waals surface area contributed by atoms with E-state index in [4.69, 9.17) is 0 Å². The molecule has 6 heteroatoms. The lowest BCUT2D eigenvalue weighted by Gasteiger charge is -2.34. The molecule has 1 aromatic carbocycles. The molecular formula is C16H20N2O4. The maximum Gasteiger partial charge on any atom is 0.326 e. The molecule has 22 heavy (non-hydrogen) atoms. The highest BCUT2D eigenvalue weighted by Gasteiger charge is 2.34. The second-order valence-corrected chi connectivity index (χ2v) is 5.38. The largest absolute Gasteiger partial charge is 0.480 e. The molecule has 2 N–H and O–H groups in total. The molecule has 1 atom stereocenters. The summed E-state index contributed by atoms with van der Waals surface area (Å²) in [6.07, 6.45) is 1.35. The summed E-state index contributed by atoms with van der Waals surface area (Å²) < 4.78 is 0. The van der Waals surface area contributed by atoms with E-state index in [9.17, 15) is 19.5 Å². The van der Waals surface area contributed by atoms with Crippen LogP contribution >= 0.6 is 0 Å². The molecule has 0 aromatic heterocycles. The van der Waals surface area contributed by atoms with E-state index < -0.39 is 12.0 Å². The van der Waals surface area contributed by atoms with E-state index in [0.717, 1.165) is 11.1 Å². The van der Waals surface area contributed by atoms with Crippen molar-refractivity contribution in [3.8, 4) is 0 Å². The van der Waals surface area contributed by atoms with Crippen molar-refractivity contribution in [1.29, 1.82) is 0 Å². The molecule has 0 aliphatic carbocycles. The van der Waals surface area contributed by atoms with E-state index in [1.807, 2.05) is 31.2 Å². The predicted octanol–water partition coefficient (Wildman–Crippen LogP) is 0.941. The first-order valence-electron chi connectivity index (χ1n) is 7.38. The Labute approximate surface area is 129 Å². The molecule has 6 nitrogen and oxygen atoms in total. The fourth-order valence-electron chi connectivity index (χ4n) is 2.60. The molecule has 0 saturated heterocycles. The van der Waals surface area contributed by atoms with Crippen molar-refractivity contribution in [3.05, 3.63) is 35.4 Å². The predicted molar refractivity (Wildman–Crippen MR) is 80.0 cm³/mol. The van der Waals surface area contributed by atoms with E-state index in [0.29, 0.717) is 19.3 Å². The van der Waals surface area contributed by atoms with E-state index in [2.05, 4.69) is 5.32 Å². The maximum atomic E-state index is 12.3. The fraction of sp³-hybridized carbons (Fsp3) is 0.438. The Balaban J connectivity index is 2.09. The van der Waals surface area contributed by atoms with Crippen LogP contribution in [-0.4, -0.2) is 40.4 Å². The minimum atomic E-state index is -1.03. The summed E-state index contributed by atoms with van der Waals surface area (Å²) in [5.74, 6) is -1.59. The smallest absolute Gasteiger partial charge is 0.326 e. The SMILES string of the molecule is CCCC(=O)NCC(=O)N1Cc2ccccc2CC1C(=O)O. The van der Waals surface area contributed by atoms with Crippen LogP contribution in [0.25, 0.3) is 0 Å². The van der Waals surface area contributed by atoms with Gasteiger partial charge in [-0.25, -0.2) is 4.79 Å². The third-order valence-corrected chi connectivity index (χ3v) is 3.77. The number of hydrogen-bond acceptors (Lipinski definition) is 3. The number of aliphatic carboxylic acids is 1. The number of hydrogen-bond donors (Lipinski definition) is 2. The van der Waals surface area contributed by atoms with Crippen molar-refractivity contribution in [1.82, 2.24) is 10.2 Å². The number of carbonyl (C=O) groups is 3. The molecular weight excluding hydrogens is 284 g/mol. The number of fused-ring (bicyclic) bond motifs is 1. The summed E-state index contributed by atoms with van der Waals surface area (Å²) in [5.41, 5.74) is 1.90. The van der Waals surface area contributed by atoms with E-state index in [1.165, 1.54) is 4.90 Å². The lowest BCUT2D eigenvalue weighted by Crippen LogP contribution is -2.51. The molecule has 1 aliphatic rings. The van der Waals surface area contributed by atoms with Crippen LogP contribution in [0.15, 0.2) is 24.3 Å². The van der Waals surface area contributed by atoms with E-state index in [1.54, 1.807) is 0 Å². The van der Waals surface area contributed by atoms with Gasteiger partial charge in [0.25, 0.3) is 0 Å². The zero-order valence-corrected chi connectivity index (χ0v) is 12.5. The Bertz CT molecular complexity index is 585. The molecule has 1 heterocycles. The lowest BCUT2D eigenvalue weighted by atomic mass is 9.94. The third-order valence-electron chi connectivity index (χ3n) is 3.77. The van der Waals surface area contributed by atoms with Gasteiger partial charge in [-0.15, -0.1) is 0 Å². The van der Waals surface area contributed by atoms with Gasteiger partial charge >= 0.3 is 5.97 Å². The average Bonchev–Trinajstić information content (AvgIpc) is 2.51. The highest BCUT2D eigenvalue weighted by atomic mass is 16.4. The first-order valence-corrected chi connectivity index (χ1v) is 7.38. The molecule has 0 saturated carbocycles. The summed E-state index contributed by atoms with van der Waals surface area (Å²) in [6.45, 7) is 1.98. The molecule has 0 fully saturated rings. The summed E-state index contributed by atoms with van der Waals surface area (Å²) in [7, 11) is 0. The molecule has 0 radical (unpaired) electrons. The molecule has 1 unspecified atom stereocenters. The second kappa shape index (κ2) is 7.06. The Kier molecular flexibility index (Phi) is 5.14. The van der Waals surface area contributed by atoms with Crippen LogP contribution < -0.4 is 5.32 Å². The highest BCUT2D eigenvalue weighted by Crippen LogP contribution is 2.23.